The predicted octanol–water partition coefficient (Wildman–Crippen LogP) is 6.58. The fourth-order valence-electron chi connectivity index (χ4n) is 8.40. The SMILES string of the molecule is CCCCCC(=O)O[C@]12CC[C@]3(CC1)[C@@H]1CCc4cc(OC)ccc4[C@H]1CC[C@]23C. The van der Waals surface area contributed by atoms with Gasteiger partial charge in [-0.3, -0.25) is 4.79 Å². The molecule has 4 aliphatic carbocycles. The minimum Gasteiger partial charge on any atom is -0.497 e. The van der Waals surface area contributed by atoms with Gasteiger partial charge in [-0.2, -0.15) is 0 Å². The topological polar surface area (TPSA) is 35.5 Å². The fourth-order valence-corrected chi connectivity index (χ4v) is 8.40. The number of unbranched alkanes of at least 4 members (excludes halogenated alkanes) is 2. The van der Waals surface area contributed by atoms with Crippen molar-refractivity contribution in [3.05, 3.63) is 29.3 Å². The number of fused-ring (bicyclic) bond motifs is 3. The lowest BCUT2D eigenvalue weighted by atomic mass is 9.48. The second-order valence-electron chi connectivity index (χ2n) is 10.8. The maximum Gasteiger partial charge on any atom is 0.306 e. The van der Waals surface area contributed by atoms with Gasteiger partial charge in [0.25, 0.3) is 0 Å². The molecule has 3 heteroatoms. The highest BCUT2D eigenvalue weighted by Crippen LogP contribution is 2.78. The number of hydrogen-bond donors (Lipinski definition) is 0. The van der Waals surface area contributed by atoms with Crippen molar-refractivity contribution in [1.29, 1.82) is 0 Å². The number of esters is 1. The van der Waals surface area contributed by atoms with Gasteiger partial charge >= 0.3 is 5.97 Å². The van der Waals surface area contributed by atoms with E-state index in [1.54, 1.807) is 12.7 Å². The van der Waals surface area contributed by atoms with Crippen molar-refractivity contribution in [3.63, 3.8) is 0 Å². The van der Waals surface area contributed by atoms with E-state index in [0.717, 1.165) is 50.2 Å². The van der Waals surface area contributed by atoms with E-state index < -0.39 is 0 Å². The summed E-state index contributed by atoms with van der Waals surface area (Å²) in [5, 5.41) is 0. The number of methoxy groups -OCH3 is 1. The first-order valence-corrected chi connectivity index (χ1v) is 12.4. The van der Waals surface area contributed by atoms with Crippen LogP contribution >= 0.6 is 0 Å². The number of carbonyl (C=O) groups is 1. The van der Waals surface area contributed by atoms with Gasteiger partial charge in [0, 0.05) is 11.8 Å². The largest absolute Gasteiger partial charge is 0.497 e. The van der Waals surface area contributed by atoms with Crippen molar-refractivity contribution < 1.29 is 14.3 Å². The number of hydrogen-bond acceptors (Lipinski definition) is 3. The number of rotatable bonds is 6. The van der Waals surface area contributed by atoms with Crippen molar-refractivity contribution >= 4 is 5.97 Å². The Hall–Kier alpha value is -1.51. The molecular formula is C27H38O3. The van der Waals surface area contributed by atoms with Crippen LogP contribution in [0.1, 0.15) is 102 Å². The van der Waals surface area contributed by atoms with Gasteiger partial charge in [0.2, 0.25) is 0 Å². The molecule has 0 unspecified atom stereocenters. The molecule has 0 aliphatic heterocycles. The summed E-state index contributed by atoms with van der Waals surface area (Å²) < 4.78 is 11.9. The van der Waals surface area contributed by atoms with Crippen LogP contribution < -0.4 is 4.74 Å². The summed E-state index contributed by atoms with van der Waals surface area (Å²) in [5.41, 5.74) is 3.40. The molecule has 0 spiro atoms. The molecule has 1 aromatic carbocycles. The van der Waals surface area contributed by atoms with Crippen LogP contribution in [-0.4, -0.2) is 18.7 Å². The molecule has 0 saturated heterocycles. The first-order chi connectivity index (χ1) is 14.5. The van der Waals surface area contributed by atoms with E-state index in [0.29, 0.717) is 17.8 Å². The van der Waals surface area contributed by atoms with E-state index in [-0.39, 0.29) is 17.0 Å². The monoisotopic (exact) mass is 410 g/mol. The van der Waals surface area contributed by atoms with Crippen LogP contribution in [0.4, 0.5) is 0 Å². The third kappa shape index (κ3) is 2.66. The van der Waals surface area contributed by atoms with Gasteiger partial charge < -0.3 is 9.47 Å². The Bertz CT molecular complexity index is 819. The summed E-state index contributed by atoms with van der Waals surface area (Å²) >= 11 is 0. The third-order valence-electron chi connectivity index (χ3n) is 9.97. The van der Waals surface area contributed by atoms with E-state index in [4.69, 9.17) is 9.47 Å². The molecule has 0 amide bonds. The van der Waals surface area contributed by atoms with Crippen LogP contribution in [0.5, 0.6) is 5.75 Å². The Labute approximate surface area is 181 Å². The first-order valence-electron chi connectivity index (χ1n) is 12.4. The summed E-state index contributed by atoms with van der Waals surface area (Å²) in [7, 11) is 1.76. The van der Waals surface area contributed by atoms with Crippen LogP contribution in [0.3, 0.4) is 0 Å². The quantitative estimate of drug-likeness (QED) is 0.393. The summed E-state index contributed by atoms with van der Waals surface area (Å²) in [5.74, 6) is 2.45. The van der Waals surface area contributed by atoms with Gasteiger partial charge in [-0.25, -0.2) is 0 Å². The molecule has 0 heterocycles. The van der Waals surface area contributed by atoms with Gasteiger partial charge in [-0.1, -0.05) is 32.8 Å². The van der Waals surface area contributed by atoms with Crippen LogP contribution in [0, 0.1) is 16.7 Å². The zero-order chi connectivity index (χ0) is 21.0. The van der Waals surface area contributed by atoms with Crippen LogP contribution in [0.2, 0.25) is 0 Å². The summed E-state index contributed by atoms with van der Waals surface area (Å²) in [6.07, 6.45) is 13.4. The second-order valence-corrected chi connectivity index (χ2v) is 10.8. The van der Waals surface area contributed by atoms with Crippen molar-refractivity contribution in [1.82, 2.24) is 0 Å². The van der Waals surface area contributed by atoms with Crippen LogP contribution in [0.15, 0.2) is 18.2 Å². The first kappa shape index (κ1) is 20.4. The summed E-state index contributed by atoms with van der Waals surface area (Å²) in [4.78, 5) is 12.7. The maximum atomic E-state index is 12.7. The van der Waals surface area contributed by atoms with Crippen molar-refractivity contribution in [3.8, 4) is 5.75 Å². The smallest absolute Gasteiger partial charge is 0.306 e. The standard InChI is InChI=1S/C27H38O3/c1-4-5-6-7-24(28)30-27-16-14-26(15-17-27)23-11-8-19-18-20(29-3)9-10-21(19)22(23)12-13-25(26,27)2/h9-10,18,22-23H,4-8,11-17H2,1-3H3/t22-,23-,25+,26-,27+/m1/s1. The molecule has 3 nitrogen and oxygen atoms in total. The van der Waals surface area contributed by atoms with E-state index >= 15 is 0 Å². The Kier molecular flexibility index (Phi) is 4.95. The average molecular weight is 411 g/mol. The Balaban J connectivity index is 1.41. The molecule has 0 aromatic heterocycles. The lowest BCUT2D eigenvalue weighted by Gasteiger charge is -2.57. The number of benzene rings is 1. The summed E-state index contributed by atoms with van der Waals surface area (Å²) in [6.45, 7) is 4.68. The van der Waals surface area contributed by atoms with Gasteiger partial charge in [0.1, 0.15) is 11.4 Å². The second kappa shape index (κ2) is 7.28. The highest BCUT2D eigenvalue weighted by atomic mass is 16.6. The fraction of sp³-hybridized carbons (Fsp3) is 0.741. The van der Waals surface area contributed by atoms with Crippen molar-refractivity contribution in [2.75, 3.05) is 7.11 Å². The van der Waals surface area contributed by atoms with Crippen molar-refractivity contribution in [2.24, 2.45) is 16.7 Å². The van der Waals surface area contributed by atoms with E-state index in [1.807, 2.05) is 0 Å². The molecule has 5 rings (SSSR count). The molecule has 164 valence electrons. The maximum absolute atomic E-state index is 12.7. The van der Waals surface area contributed by atoms with Crippen LogP contribution in [0.25, 0.3) is 0 Å². The van der Waals surface area contributed by atoms with E-state index in [1.165, 1.54) is 37.7 Å². The van der Waals surface area contributed by atoms with E-state index in [9.17, 15) is 4.79 Å². The zero-order valence-corrected chi connectivity index (χ0v) is 19.1. The summed E-state index contributed by atoms with van der Waals surface area (Å²) in [6, 6.07) is 6.76. The normalized spacial score (nSPS) is 38.5. The highest BCUT2D eigenvalue weighted by molar-refractivity contribution is 5.70. The average Bonchev–Trinajstić information content (AvgIpc) is 3.16. The molecule has 4 aliphatic rings. The molecule has 2 bridgehead atoms. The van der Waals surface area contributed by atoms with Gasteiger partial charge in [-0.05, 0) is 98.3 Å². The molecular weight excluding hydrogens is 372 g/mol. The van der Waals surface area contributed by atoms with Gasteiger partial charge in [0.05, 0.1) is 7.11 Å². The lowest BCUT2D eigenvalue weighted by Crippen LogP contribution is -2.53. The molecule has 3 saturated carbocycles. The van der Waals surface area contributed by atoms with E-state index in [2.05, 4.69) is 32.0 Å². The molecule has 1 aromatic rings. The molecule has 0 radical (unpaired) electrons. The Morgan fingerprint density at radius 2 is 1.90 bits per heavy atom. The minimum absolute atomic E-state index is 0.0607. The van der Waals surface area contributed by atoms with Crippen LogP contribution in [-0.2, 0) is 16.0 Å². The molecule has 3 atom stereocenters. The number of carbonyl (C=O) groups excluding carboxylic acids is 1. The number of aryl methyl sites for hydroxylation is 1. The number of ether oxygens (including phenoxy) is 2. The lowest BCUT2D eigenvalue weighted by molar-refractivity contribution is -0.176. The van der Waals surface area contributed by atoms with Crippen molar-refractivity contribution in [2.45, 2.75) is 102 Å². The molecule has 0 N–H and O–H groups in total. The Morgan fingerprint density at radius 1 is 1.10 bits per heavy atom. The third-order valence-corrected chi connectivity index (χ3v) is 9.97. The molecule has 30 heavy (non-hydrogen) atoms. The minimum atomic E-state index is -0.193. The van der Waals surface area contributed by atoms with Gasteiger partial charge in [0.15, 0.2) is 0 Å². The molecule has 3 fully saturated rings. The Morgan fingerprint density at radius 3 is 2.63 bits per heavy atom. The predicted molar refractivity (Wildman–Crippen MR) is 119 cm³/mol. The highest BCUT2D eigenvalue weighted by Gasteiger charge is 2.75. The van der Waals surface area contributed by atoms with Gasteiger partial charge in [-0.15, -0.1) is 0 Å². The zero-order valence-electron chi connectivity index (χ0n) is 19.1.